The second-order valence-electron chi connectivity index (χ2n) is 2.91. The third kappa shape index (κ3) is 1.20. The van der Waals surface area contributed by atoms with Crippen LogP contribution in [0.3, 0.4) is 0 Å². The van der Waals surface area contributed by atoms with Crippen LogP contribution in [-0.4, -0.2) is 20.4 Å². The van der Waals surface area contributed by atoms with Crippen LogP contribution in [0.1, 0.15) is 23.1 Å². The van der Waals surface area contributed by atoms with E-state index in [4.69, 9.17) is 0 Å². The van der Waals surface area contributed by atoms with Gasteiger partial charge < -0.3 is 0 Å². The number of carbonyl (C=O) groups is 1. The Hall–Kier alpha value is -1.71. The molecule has 0 fully saturated rings. The number of hydrogen-bond acceptors (Lipinski definition) is 3. The van der Waals surface area contributed by atoms with Crippen LogP contribution in [-0.2, 0) is 0 Å². The van der Waals surface area contributed by atoms with Gasteiger partial charge in [-0.25, -0.2) is 9.50 Å². The van der Waals surface area contributed by atoms with Crippen molar-refractivity contribution in [2.24, 2.45) is 0 Å². The van der Waals surface area contributed by atoms with E-state index >= 15 is 0 Å². The third-order valence-electron chi connectivity index (χ3n) is 1.85. The number of nitrogens with zero attached hydrogens (tertiary/aromatic N) is 3. The Morgan fingerprint density at radius 1 is 1.54 bits per heavy atom. The van der Waals surface area contributed by atoms with Crippen molar-refractivity contribution >= 4 is 11.4 Å². The first-order chi connectivity index (χ1) is 6.18. The number of aryl methyl sites for hydroxylation is 1. The van der Waals surface area contributed by atoms with Gasteiger partial charge in [-0.3, -0.25) is 4.79 Å². The molecule has 2 aromatic rings. The Labute approximate surface area is 75.2 Å². The highest BCUT2D eigenvalue weighted by atomic mass is 16.1. The monoisotopic (exact) mass is 175 g/mol. The van der Waals surface area contributed by atoms with E-state index in [2.05, 4.69) is 10.1 Å². The average Bonchev–Trinajstić information content (AvgIpc) is 2.43. The zero-order valence-electron chi connectivity index (χ0n) is 7.48. The molecule has 66 valence electrons. The first-order valence-electron chi connectivity index (χ1n) is 4.01. The summed E-state index contributed by atoms with van der Waals surface area (Å²) in [6, 6.07) is 3.55. The van der Waals surface area contributed by atoms with E-state index < -0.39 is 0 Å². The van der Waals surface area contributed by atoms with E-state index in [-0.39, 0.29) is 5.78 Å². The van der Waals surface area contributed by atoms with Crippen LogP contribution in [0.25, 0.3) is 5.65 Å². The summed E-state index contributed by atoms with van der Waals surface area (Å²) in [5.74, 6) is 0.687. The SMILES string of the molecule is CC(=O)c1cccn2nc(C)nc12. The molecule has 0 atom stereocenters. The van der Waals surface area contributed by atoms with Crippen molar-refractivity contribution < 1.29 is 4.79 Å². The molecular weight excluding hydrogens is 166 g/mol. The van der Waals surface area contributed by atoms with Crippen LogP contribution in [0.4, 0.5) is 0 Å². The maximum Gasteiger partial charge on any atom is 0.166 e. The maximum absolute atomic E-state index is 11.2. The van der Waals surface area contributed by atoms with Crippen LogP contribution in [0, 0.1) is 6.92 Å². The molecule has 4 heteroatoms. The molecule has 0 unspecified atom stereocenters. The first-order valence-corrected chi connectivity index (χ1v) is 4.01. The zero-order valence-corrected chi connectivity index (χ0v) is 7.48. The van der Waals surface area contributed by atoms with Gasteiger partial charge in [-0.2, -0.15) is 5.10 Å². The van der Waals surface area contributed by atoms with Gasteiger partial charge in [0, 0.05) is 6.20 Å². The Balaban J connectivity index is 2.82. The molecule has 2 heterocycles. The second kappa shape index (κ2) is 2.65. The molecule has 0 aliphatic rings. The van der Waals surface area contributed by atoms with Crippen LogP contribution in [0.15, 0.2) is 18.3 Å². The van der Waals surface area contributed by atoms with E-state index in [0.29, 0.717) is 17.0 Å². The molecule has 0 aromatic carbocycles. The molecule has 0 spiro atoms. The van der Waals surface area contributed by atoms with Gasteiger partial charge >= 0.3 is 0 Å². The molecule has 4 nitrogen and oxygen atoms in total. The highest BCUT2D eigenvalue weighted by molar-refractivity contribution is 5.99. The molecule has 0 bridgehead atoms. The predicted molar refractivity (Wildman–Crippen MR) is 47.7 cm³/mol. The largest absolute Gasteiger partial charge is 0.294 e. The third-order valence-corrected chi connectivity index (χ3v) is 1.85. The van der Waals surface area contributed by atoms with Crippen molar-refractivity contribution in [1.29, 1.82) is 0 Å². The summed E-state index contributed by atoms with van der Waals surface area (Å²) in [6.07, 6.45) is 1.78. The zero-order chi connectivity index (χ0) is 9.42. The lowest BCUT2D eigenvalue weighted by molar-refractivity contribution is 0.101. The first kappa shape index (κ1) is 7.91. The van der Waals surface area contributed by atoms with Gasteiger partial charge in [0.2, 0.25) is 0 Å². The highest BCUT2D eigenvalue weighted by Crippen LogP contribution is 2.08. The molecule has 0 N–H and O–H groups in total. The normalized spacial score (nSPS) is 10.6. The smallest absolute Gasteiger partial charge is 0.166 e. The van der Waals surface area contributed by atoms with Crippen molar-refractivity contribution in [2.75, 3.05) is 0 Å². The molecule has 13 heavy (non-hydrogen) atoms. The Bertz CT molecular complexity index is 473. The van der Waals surface area contributed by atoms with E-state index in [1.807, 2.05) is 0 Å². The fraction of sp³-hybridized carbons (Fsp3) is 0.222. The predicted octanol–water partition coefficient (Wildman–Crippen LogP) is 1.24. The quantitative estimate of drug-likeness (QED) is 0.612. The van der Waals surface area contributed by atoms with E-state index in [1.165, 1.54) is 6.92 Å². The summed E-state index contributed by atoms with van der Waals surface area (Å²) in [7, 11) is 0. The molecule has 0 saturated heterocycles. The van der Waals surface area contributed by atoms with Crippen molar-refractivity contribution in [3.05, 3.63) is 29.7 Å². The molecular formula is C9H9N3O. The van der Waals surface area contributed by atoms with Gasteiger partial charge in [0.15, 0.2) is 11.4 Å². The van der Waals surface area contributed by atoms with Gasteiger partial charge in [0.25, 0.3) is 0 Å². The standard InChI is InChI=1S/C9H9N3O/c1-6(13)8-4-3-5-12-9(8)10-7(2)11-12/h3-5H,1-2H3. The lowest BCUT2D eigenvalue weighted by Gasteiger charge is -1.95. The second-order valence-corrected chi connectivity index (χ2v) is 2.91. The summed E-state index contributed by atoms with van der Waals surface area (Å²) in [5.41, 5.74) is 1.25. The number of fused-ring (bicyclic) bond motifs is 1. The molecule has 0 aliphatic carbocycles. The number of carbonyl (C=O) groups excluding carboxylic acids is 1. The van der Waals surface area contributed by atoms with Crippen molar-refractivity contribution in [3.8, 4) is 0 Å². The Kier molecular flexibility index (Phi) is 1.62. The minimum absolute atomic E-state index is 0.0120. The fourth-order valence-electron chi connectivity index (χ4n) is 1.29. The minimum Gasteiger partial charge on any atom is -0.294 e. The summed E-state index contributed by atoms with van der Waals surface area (Å²) in [6.45, 7) is 3.33. The maximum atomic E-state index is 11.2. The van der Waals surface area contributed by atoms with Crippen LogP contribution >= 0.6 is 0 Å². The number of Topliss-reactive ketones (excluding diaryl/α,β-unsaturated/α-hetero) is 1. The van der Waals surface area contributed by atoms with E-state index in [9.17, 15) is 4.79 Å². The molecule has 2 aromatic heterocycles. The number of ketones is 1. The van der Waals surface area contributed by atoms with Crippen LogP contribution in [0.2, 0.25) is 0 Å². The van der Waals surface area contributed by atoms with Gasteiger partial charge in [-0.05, 0) is 26.0 Å². The van der Waals surface area contributed by atoms with Crippen molar-refractivity contribution in [3.63, 3.8) is 0 Å². The summed E-state index contributed by atoms with van der Waals surface area (Å²) in [5, 5.41) is 4.11. The number of rotatable bonds is 1. The minimum atomic E-state index is 0.0120. The lowest BCUT2D eigenvalue weighted by atomic mass is 10.2. The molecule has 0 saturated carbocycles. The number of aromatic nitrogens is 3. The van der Waals surface area contributed by atoms with Crippen molar-refractivity contribution in [1.82, 2.24) is 14.6 Å². The van der Waals surface area contributed by atoms with Crippen molar-refractivity contribution in [2.45, 2.75) is 13.8 Å². The van der Waals surface area contributed by atoms with Crippen LogP contribution in [0.5, 0.6) is 0 Å². The van der Waals surface area contributed by atoms with Crippen LogP contribution < -0.4 is 0 Å². The van der Waals surface area contributed by atoms with Gasteiger partial charge in [0.1, 0.15) is 5.82 Å². The van der Waals surface area contributed by atoms with Gasteiger partial charge in [-0.15, -0.1) is 0 Å². The fourth-order valence-corrected chi connectivity index (χ4v) is 1.29. The molecule has 2 rings (SSSR count). The van der Waals surface area contributed by atoms with E-state index in [1.54, 1.807) is 29.8 Å². The van der Waals surface area contributed by atoms with Gasteiger partial charge in [0.05, 0.1) is 5.56 Å². The average molecular weight is 175 g/mol. The van der Waals surface area contributed by atoms with Gasteiger partial charge in [-0.1, -0.05) is 0 Å². The molecule has 0 radical (unpaired) electrons. The topological polar surface area (TPSA) is 47.3 Å². The van der Waals surface area contributed by atoms with E-state index in [0.717, 1.165) is 0 Å². The molecule has 0 aliphatic heterocycles. The summed E-state index contributed by atoms with van der Waals surface area (Å²) < 4.78 is 1.62. The summed E-state index contributed by atoms with van der Waals surface area (Å²) >= 11 is 0. The molecule has 0 amide bonds. The Morgan fingerprint density at radius 2 is 2.31 bits per heavy atom. The Morgan fingerprint density at radius 3 is 3.00 bits per heavy atom. The number of hydrogen-bond donors (Lipinski definition) is 0. The summed E-state index contributed by atoms with van der Waals surface area (Å²) in [4.78, 5) is 15.4. The highest BCUT2D eigenvalue weighted by Gasteiger charge is 2.08. The lowest BCUT2D eigenvalue weighted by Crippen LogP contribution is -1.97. The number of pyridine rings is 1.